The molecular weight excluding hydrogens is 343 g/mol. The summed E-state index contributed by atoms with van der Waals surface area (Å²) in [4.78, 5) is 4.65. The summed E-state index contributed by atoms with van der Waals surface area (Å²) in [6, 6.07) is 5.36. The highest BCUT2D eigenvalue weighted by atomic mass is 19.4. The van der Waals surface area contributed by atoms with Gasteiger partial charge in [0.15, 0.2) is 5.76 Å². The molecule has 3 nitrogen and oxygen atoms in total. The van der Waals surface area contributed by atoms with E-state index >= 15 is 0 Å². The fourth-order valence-electron chi connectivity index (χ4n) is 3.50. The lowest BCUT2D eigenvalue weighted by atomic mass is 9.81. The van der Waals surface area contributed by atoms with Gasteiger partial charge in [-0.1, -0.05) is 12.1 Å². The summed E-state index contributed by atoms with van der Waals surface area (Å²) in [7, 11) is 3.27. The second kappa shape index (κ2) is 7.56. The van der Waals surface area contributed by atoms with E-state index in [-0.39, 0.29) is 0 Å². The van der Waals surface area contributed by atoms with E-state index in [0.717, 1.165) is 54.3 Å². The van der Waals surface area contributed by atoms with Crippen LogP contribution in [0.25, 0.3) is 0 Å². The Morgan fingerprint density at radius 1 is 1.08 bits per heavy atom. The number of nitrogens with zero attached hydrogens (tertiary/aromatic N) is 1. The summed E-state index contributed by atoms with van der Waals surface area (Å²) in [5.41, 5.74) is 2.44. The van der Waals surface area contributed by atoms with Crippen LogP contribution >= 0.6 is 0 Å². The molecule has 1 aliphatic carbocycles. The fraction of sp³-hybridized carbons (Fsp3) is 0.450. The Kier molecular flexibility index (Phi) is 5.39. The minimum Gasteiger partial charge on any atom is -0.497 e. The minimum atomic E-state index is -4.30. The van der Waals surface area contributed by atoms with Crippen LogP contribution in [0.1, 0.15) is 30.4 Å². The standard InChI is InChI=1S/C20H22F3NO2/c1-25-18-11-14-9-10-24-17(16(14)12-19(18)26-2)8-5-13-3-6-15(7-4-13)20(21,22)23/h3-4,6-7,12,14H,5,8-11H2,1-2H3. The van der Waals surface area contributed by atoms with Crippen molar-refractivity contribution in [2.24, 2.45) is 10.9 Å². The molecule has 3 rings (SSSR count). The predicted octanol–water partition coefficient (Wildman–Crippen LogP) is 4.93. The van der Waals surface area contributed by atoms with Crippen LogP contribution in [0, 0.1) is 5.92 Å². The maximum absolute atomic E-state index is 12.7. The molecule has 0 amide bonds. The smallest absolute Gasteiger partial charge is 0.416 e. The third-order valence-electron chi connectivity index (χ3n) is 4.94. The van der Waals surface area contributed by atoms with Crippen molar-refractivity contribution in [3.8, 4) is 0 Å². The van der Waals surface area contributed by atoms with Crippen LogP contribution in [0.15, 0.2) is 52.4 Å². The van der Waals surface area contributed by atoms with Crippen LogP contribution in [0.5, 0.6) is 0 Å². The zero-order chi connectivity index (χ0) is 18.7. The SMILES string of the molecule is COC1=C(OC)CC2CCN=C(CCc3ccc(C(F)(F)F)cc3)C2=C1. The third kappa shape index (κ3) is 3.94. The van der Waals surface area contributed by atoms with E-state index in [1.807, 2.05) is 6.08 Å². The van der Waals surface area contributed by atoms with E-state index in [4.69, 9.17) is 9.47 Å². The Morgan fingerprint density at radius 2 is 1.81 bits per heavy atom. The summed E-state index contributed by atoms with van der Waals surface area (Å²) in [5, 5.41) is 0. The van der Waals surface area contributed by atoms with Gasteiger partial charge in [-0.15, -0.1) is 0 Å². The van der Waals surface area contributed by atoms with Crippen LogP contribution in [-0.4, -0.2) is 26.5 Å². The Bertz CT molecular complexity index is 745. The van der Waals surface area contributed by atoms with Gasteiger partial charge >= 0.3 is 6.18 Å². The topological polar surface area (TPSA) is 30.8 Å². The van der Waals surface area contributed by atoms with E-state index in [0.29, 0.717) is 18.8 Å². The lowest BCUT2D eigenvalue weighted by Crippen LogP contribution is -2.24. The molecule has 0 N–H and O–H groups in total. The van der Waals surface area contributed by atoms with Gasteiger partial charge in [-0.3, -0.25) is 4.99 Å². The van der Waals surface area contributed by atoms with Crippen molar-refractivity contribution in [1.29, 1.82) is 0 Å². The number of methoxy groups -OCH3 is 2. The lowest BCUT2D eigenvalue weighted by Gasteiger charge is -2.30. The van der Waals surface area contributed by atoms with E-state index in [9.17, 15) is 13.2 Å². The van der Waals surface area contributed by atoms with Crippen LogP contribution in [0.4, 0.5) is 13.2 Å². The number of ether oxygens (including phenoxy) is 2. The molecule has 1 aromatic carbocycles. The summed E-state index contributed by atoms with van der Waals surface area (Å²) in [6.07, 6.45) is 0.827. The Labute approximate surface area is 151 Å². The second-order valence-corrected chi connectivity index (χ2v) is 6.51. The van der Waals surface area contributed by atoms with E-state index < -0.39 is 11.7 Å². The van der Waals surface area contributed by atoms with Crippen molar-refractivity contribution in [3.63, 3.8) is 0 Å². The number of fused-ring (bicyclic) bond motifs is 1. The van der Waals surface area contributed by atoms with Crippen molar-refractivity contribution >= 4 is 5.71 Å². The summed E-state index contributed by atoms with van der Waals surface area (Å²) >= 11 is 0. The molecule has 1 aromatic rings. The zero-order valence-electron chi connectivity index (χ0n) is 14.9. The number of benzene rings is 1. The van der Waals surface area contributed by atoms with Crippen LogP contribution in [0.2, 0.25) is 0 Å². The van der Waals surface area contributed by atoms with Crippen LogP contribution in [0.3, 0.4) is 0 Å². The lowest BCUT2D eigenvalue weighted by molar-refractivity contribution is -0.137. The average Bonchev–Trinajstić information content (AvgIpc) is 2.64. The van der Waals surface area contributed by atoms with Gasteiger partial charge in [0, 0.05) is 18.7 Å². The first kappa shape index (κ1) is 18.5. The number of aliphatic imine (C=N–C) groups is 1. The summed E-state index contributed by atoms with van der Waals surface area (Å²) < 4.78 is 48.8. The molecular formula is C20H22F3NO2. The fourth-order valence-corrected chi connectivity index (χ4v) is 3.50. The van der Waals surface area contributed by atoms with Crippen molar-refractivity contribution in [2.75, 3.05) is 20.8 Å². The largest absolute Gasteiger partial charge is 0.497 e. The Balaban J connectivity index is 1.72. The van der Waals surface area contributed by atoms with Crippen LogP contribution in [-0.2, 0) is 22.1 Å². The first-order valence-corrected chi connectivity index (χ1v) is 8.65. The number of allylic oxidation sites excluding steroid dienone is 3. The van der Waals surface area contributed by atoms with Crippen LogP contribution < -0.4 is 0 Å². The number of rotatable bonds is 5. The van der Waals surface area contributed by atoms with Gasteiger partial charge in [-0.05, 0) is 54.5 Å². The molecule has 0 aromatic heterocycles. The second-order valence-electron chi connectivity index (χ2n) is 6.51. The molecule has 2 aliphatic rings. The number of aryl methyl sites for hydroxylation is 1. The first-order valence-electron chi connectivity index (χ1n) is 8.65. The van der Waals surface area contributed by atoms with E-state index in [1.165, 1.54) is 5.57 Å². The van der Waals surface area contributed by atoms with Crippen molar-refractivity contribution in [1.82, 2.24) is 0 Å². The van der Waals surface area contributed by atoms with Gasteiger partial charge in [0.25, 0.3) is 0 Å². The normalized spacial score (nSPS) is 20.3. The summed E-state index contributed by atoms with van der Waals surface area (Å²) in [6.45, 7) is 0.768. The van der Waals surface area contributed by atoms with E-state index in [1.54, 1.807) is 26.4 Å². The molecule has 0 spiro atoms. The molecule has 0 radical (unpaired) electrons. The molecule has 26 heavy (non-hydrogen) atoms. The molecule has 0 saturated carbocycles. The maximum Gasteiger partial charge on any atom is 0.416 e. The number of hydrogen-bond acceptors (Lipinski definition) is 3. The highest BCUT2D eigenvalue weighted by Crippen LogP contribution is 2.36. The van der Waals surface area contributed by atoms with Gasteiger partial charge in [-0.2, -0.15) is 13.2 Å². The monoisotopic (exact) mass is 365 g/mol. The molecule has 140 valence electrons. The highest BCUT2D eigenvalue weighted by Gasteiger charge is 2.31. The molecule has 0 fully saturated rings. The van der Waals surface area contributed by atoms with Gasteiger partial charge < -0.3 is 9.47 Å². The highest BCUT2D eigenvalue weighted by molar-refractivity contribution is 6.01. The van der Waals surface area contributed by atoms with Crippen molar-refractivity contribution < 1.29 is 22.6 Å². The maximum atomic E-state index is 12.7. The Morgan fingerprint density at radius 3 is 2.42 bits per heavy atom. The summed E-state index contributed by atoms with van der Waals surface area (Å²) in [5.74, 6) is 1.94. The Hall–Kier alpha value is -2.24. The van der Waals surface area contributed by atoms with Crippen molar-refractivity contribution in [3.05, 3.63) is 58.6 Å². The first-order chi connectivity index (χ1) is 12.4. The van der Waals surface area contributed by atoms with Gasteiger partial charge in [0.1, 0.15) is 5.76 Å². The van der Waals surface area contributed by atoms with E-state index in [2.05, 4.69) is 4.99 Å². The zero-order valence-corrected chi connectivity index (χ0v) is 14.9. The van der Waals surface area contributed by atoms with Gasteiger partial charge in [-0.25, -0.2) is 0 Å². The third-order valence-corrected chi connectivity index (χ3v) is 4.94. The minimum absolute atomic E-state index is 0.365. The van der Waals surface area contributed by atoms with Gasteiger partial charge in [0.05, 0.1) is 19.8 Å². The number of halogens is 3. The molecule has 0 bridgehead atoms. The average molecular weight is 365 g/mol. The molecule has 0 saturated heterocycles. The predicted molar refractivity (Wildman–Crippen MR) is 93.9 cm³/mol. The molecule has 1 aliphatic heterocycles. The molecule has 1 unspecified atom stereocenters. The van der Waals surface area contributed by atoms with Gasteiger partial charge in [0.2, 0.25) is 0 Å². The molecule has 6 heteroatoms. The number of hydrogen-bond donors (Lipinski definition) is 0. The quantitative estimate of drug-likeness (QED) is 0.740. The van der Waals surface area contributed by atoms with Crippen molar-refractivity contribution in [2.45, 2.75) is 31.9 Å². The molecule has 1 heterocycles. The molecule has 1 atom stereocenters. The number of alkyl halides is 3.